The largest absolute Gasteiger partial charge is 0.465 e. The van der Waals surface area contributed by atoms with Gasteiger partial charge < -0.3 is 15.4 Å². The second-order valence-corrected chi connectivity index (χ2v) is 5.94. The van der Waals surface area contributed by atoms with E-state index in [9.17, 15) is 14.7 Å². The molecule has 0 fully saturated rings. The molecule has 26 heavy (non-hydrogen) atoms. The third-order valence-electron chi connectivity index (χ3n) is 4.37. The number of pyridine rings is 1. The number of amides is 2. The molecule has 0 saturated heterocycles. The number of fused-ring (bicyclic) bond motifs is 1. The van der Waals surface area contributed by atoms with Gasteiger partial charge in [0.05, 0.1) is 16.9 Å². The van der Waals surface area contributed by atoms with Crippen molar-refractivity contribution < 1.29 is 14.7 Å². The maximum Gasteiger partial charge on any atom is 0.414 e. The smallest absolute Gasteiger partial charge is 0.414 e. The molecule has 7 nitrogen and oxygen atoms in total. The van der Waals surface area contributed by atoms with Gasteiger partial charge in [-0.05, 0) is 24.3 Å². The Kier molecular flexibility index (Phi) is 3.89. The lowest BCUT2D eigenvalue weighted by Gasteiger charge is -2.23. The van der Waals surface area contributed by atoms with E-state index in [4.69, 9.17) is 0 Å². The number of anilines is 2. The zero-order valence-corrected chi connectivity index (χ0v) is 13.8. The highest BCUT2D eigenvalue weighted by Gasteiger charge is 2.34. The Labute approximate surface area is 149 Å². The number of para-hydroxylation sites is 1. The van der Waals surface area contributed by atoms with Crippen LogP contribution in [0.25, 0.3) is 11.3 Å². The zero-order valence-electron chi connectivity index (χ0n) is 13.8. The second-order valence-electron chi connectivity index (χ2n) is 5.94. The number of hydrogen-bond donors (Lipinski definition) is 3. The summed E-state index contributed by atoms with van der Waals surface area (Å²) in [5, 5.41) is 12.6. The monoisotopic (exact) mass is 348 g/mol. The van der Waals surface area contributed by atoms with Crippen molar-refractivity contribution in [2.75, 3.05) is 11.9 Å². The lowest BCUT2D eigenvalue weighted by molar-refractivity contribution is 0.0728. The number of benzene rings is 1. The van der Waals surface area contributed by atoms with Gasteiger partial charge in [0, 0.05) is 42.3 Å². The summed E-state index contributed by atoms with van der Waals surface area (Å²) in [6.45, 7) is 0.141. The van der Waals surface area contributed by atoms with Crippen LogP contribution in [0.2, 0.25) is 0 Å². The summed E-state index contributed by atoms with van der Waals surface area (Å²) in [5.41, 5.74) is 4.09. The zero-order chi connectivity index (χ0) is 18.1. The van der Waals surface area contributed by atoms with Crippen LogP contribution in [-0.2, 0) is 6.42 Å². The number of carbonyl (C=O) groups excluding carboxylic acids is 1. The molecule has 0 bridgehead atoms. The van der Waals surface area contributed by atoms with E-state index < -0.39 is 12.0 Å². The van der Waals surface area contributed by atoms with Gasteiger partial charge in [0.15, 0.2) is 0 Å². The molecule has 4 rings (SSSR count). The molecule has 1 aromatic carbocycles. The molecule has 130 valence electrons. The highest BCUT2D eigenvalue weighted by molar-refractivity contribution is 6.10. The van der Waals surface area contributed by atoms with Crippen LogP contribution in [0.5, 0.6) is 0 Å². The van der Waals surface area contributed by atoms with E-state index in [1.54, 1.807) is 12.4 Å². The Morgan fingerprint density at radius 2 is 1.88 bits per heavy atom. The number of aromatic nitrogens is 2. The van der Waals surface area contributed by atoms with Crippen LogP contribution in [0.3, 0.4) is 0 Å². The number of carbonyl (C=O) groups is 2. The molecular formula is C19H16N4O3. The van der Waals surface area contributed by atoms with E-state index >= 15 is 0 Å². The van der Waals surface area contributed by atoms with Crippen LogP contribution in [0.15, 0.2) is 54.9 Å². The van der Waals surface area contributed by atoms with Crippen LogP contribution in [0, 0.1) is 0 Å². The number of nitrogens with one attached hydrogen (secondary N) is 2. The van der Waals surface area contributed by atoms with Crippen LogP contribution < -0.4 is 5.32 Å². The van der Waals surface area contributed by atoms with Gasteiger partial charge >= 0.3 is 6.09 Å². The van der Waals surface area contributed by atoms with Crippen molar-refractivity contribution in [3.05, 3.63) is 66.1 Å². The number of nitrogens with zero attached hydrogens (tertiary/aromatic N) is 2. The van der Waals surface area contributed by atoms with Crippen molar-refractivity contribution in [2.45, 2.75) is 6.42 Å². The van der Waals surface area contributed by atoms with Crippen molar-refractivity contribution in [3.8, 4) is 11.3 Å². The first-order valence-electron chi connectivity index (χ1n) is 8.17. The molecular weight excluding hydrogens is 332 g/mol. The topological polar surface area (TPSA) is 98.3 Å². The number of rotatable bonds is 3. The molecule has 0 unspecified atom stereocenters. The summed E-state index contributed by atoms with van der Waals surface area (Å²) < 4.78 is 0. The minimum atomic E-state index is -1.24. The van der Waals surface area contributed by atoms with Crippen LogP contribution in [0.1, 0.15) is 16.1 Å². The number of aromatic amines is 1. The first kappa shape index (κ1) is 15.9. The van der Waals surface area contributed by atoms with Gasteiger partial charge in [0.1, 0.15) is 0 Å². The van der Waals surface area contributed by atoms with E-state index in [2.05, 4.69) is 15.3 Å². The molecule has 0 radical (unpaired) electrons. The Morgan fingerprint density at radius 1 is 1.15 bits per heavy atom. The molecule has 0 spiro atoms. The lowest BCUT2D eigenvalue weighted by atomic mass is 10.0. The van der Waals surface area contributed by atoms with Crippen molar-refractivity contribution in [3.63, 3.8) is 0 Å². The number of H-pyrrole nitrogens is 1. The van der Waals surface area contributed by atoms with Crippen molar-refractivity contribution in [1.82, 2.24) is 14.9 Å². The summed E-state index contributed by atoms with van der Waals surface area (Å²) in [6, 6.07) is 13.1. The normalized spacial score (nSPS) is 13.4. The summed E-state index contributed by atoms with van der Waals surface area (Å²) in [7, 11) is 0. The molecule has 3 aromatic rings. The van der Waals surface area contributed by atoms with Crippen molar-refractivity contribution in [1.29, 1.82) is 0 Å². The highest BCUT2D eigenvalue weighted by Crippen LogP contribution is 2.37. The molecule has 2 aromatic heterocycles. The van der Waals surface area contributed by atoms with E-state index in [1.165, 1.54) is 0 Å². The predicted octanol–water partition coefficient (Wildman–Crippen LogP) is 3.50. The first-order valence-corrected chi connectivity index (χ1v) is 8.17. The maximum absolute atomic E-state index is 12.8. The van der Waals surface area contributed by atoms with Crippen molar-refractivity contribution >= 4 is 23.4 Å². The predicted molar refractivity (Wildman–Crippen MR) is 96.5 cm³/mol. The highest BCUT2D eigenvalue weighted by atomic mass is 16.4. The molecule has 0 atom stereocenters. The molecule has 3 heterocycles. The number of imide groups is 1. The van der Waals surface area contributed by atoms with Gasteiger partial charge in [-0.15, -0.1) is 0 Å². The second kappa shape index (κ2) is 6.36. The molecule has 1 aliphatic rings. The average Bonchev–Trinajstić information content (AvgIpc) is 3.02. The molecule has 3 N–H and O–H groups in total. The minimum absolute atomic E-state index is 0.141. The van der Waals surface area contributed by atoms with Gasteiger partial charge in [0.2, 0.25) is 0 Å². The summed E-state index contributed by atoms with van der Waals surface area (Å²) >= 11 is 0. The summed E-state index contributed by atoms with van der Waals surface area (Å²) in [5.74, 6) is -0.520. The molecule has 2 amide bonds. The number of hydrogen-bond acceptors (Lipinski definition) is 4. The van der Waals surface area contributed by atoms with Gasteiger partial charge in [-0.1, -0.05) is 18.2 Å². The van der Waals surface area contributed by atoms with E-state index in [-0.39, 0.29) is 6.54 Å². The third-order valence-corrected chi connectivity index (χ3v) is 4.37. The average molecular weight is 348 g/mol. The van der Waals surface area contributed by atoms with Crippen molar-refractivity contribution in [2.24, 2.45) is 0 Å². The first-order chi connectivity index (χ1) is 12.6. The number of carboxylic acid groups (broad SMARTS) is 1. The SMILES string of the molecule is O=C(O)N1CCc2[nH]c(-c3ccncc3)c(Nc3ccccc3)c2C1=O. The molecule has 7 heteroatoms. The van der Waals surface area contributed by atoms with Gasteiger partial charge in [-0.25, -0.2) is 9.69 Å². The summed E-state index contributed by atoms with van der Waals surface area (Å²) in [6.07, 6.45) is 2.56. The fourth-order valence-electron chi connectivity index (χ4n) is 3.14. The summed E-state index contributed by atoms with van der Waals surface area (Å²) in [4.78, 5) is 32.4. The Hall–Kier alpha value is -3.61. The van der Waals surface area contributed by atoms with E-state index in [0.29, 0.717) is 17.7 Å². The lowest BCUT2D eigenvalue weighted by Crippen LogP contribution is -2.41. The molecule has 0 aliphatic carbocycles. The standard InChI is InChI=1S/C19H16N4O3/c24-18-15-14(8-11-23(18)19(25)26)22-16(12-6-9-20-10-7-12)17(15)21-13-4-2-1-3-5-13/h1-7,9-10,21-22H,8,11H2,(H,25,26). The fraction of sp³-hybridized carbons (Fsp3) is 0.105. The molecule has 0 saturated carbocycles. The van der Waals surface area contributed by atoms with Crippen LogP contribution in [0.4, 0.5) is 16.2 Å². The maximum atomic E-state index is 12.8. The van der Waals surface area contributed by atoms with Gasteiger partial charge in [0.25, 0.3) is 5.91 Å². The third kappa shape index (κ3) is 2.69. The van der Waals surface area contributed by atoms with Gasteiger partial charge in [-0.3, -0.25) is 9.78 Å². The fourth-order valence-corrected chi connectivity index (χ4v) is 3.14. The van der Waals surface area contributed by atoms with Crippen LogP contribution in [-0.4, -0.2) is 38.5 Å². The Balaban J connectivity index is 1.87. The minimum Gasteiger partial charge on any atom is -0.465 e. The van der Waals surface area contributed by atoms with E-state index in [0.717, 1.165) is 27.5 Å². The van der Waals surface area contributed by atoms with Crippen LogP contribution >= 0.6 is 0 Å². The van der Waals surface area contributed by atoms with E-state index in [1.807, 2.05) is 42.5 Å². The van der Waals surface area contributed by atoms with Gasteiger partial charge in [-0.2, -0.15) is 0 Å². The molecule has 1 aliphatic heterocycles. The quantitative estimate of drug-likeness (QED) is 0.673. The Morgan fingerprint density at radius 3 is 2.58 bits per heavy atom. The Bertz CT molecular complexity index is 967.